The van der Waals surface area contributed by atoms with Crippen LogP contribution in [0.15, 0.2) is 48.5 Å². The van der Waals surface area contributed by atoms with Gasteiger partial charge >= 0.3 is 0 Å². The summed E-state index contributed by atoms with van der Waals surface area (Å²) in [4.78, 5) is 24.6. The lowest BCUT2D eigenvalue weighted by atomic mass is 10.1. The fourth-order valence-corrected chi connectivity index (χ4v) is 3.24. The molecule has 0 fully saturated rings. The third-order valence-electron chi connectivity index (χ3n) is 4.60. The summed E-state index contributed by atoms with van der Waals surface area (Å²) < 4.78 is 13.0. The molecule has 2 aromatic carbocycles. The van der Waals surface area contributed by atoms with Gasteiger partial charge in [0.15, 0.2) is 0 Å². The molecule has 3 aromatic rings. The normalized spacial score (nSPS) is 11.0. The first-order chi connectivity index (χ1) is 14.8. The molecule has 1 aromatic heterocycles. The smallest absolute Gasteiger partial charge is 0.294 e. The van der Waals surface area contributed by atoms with Crippen LogP contribution in [0.4, 0.5) is 15.8 Å². The molecule has 8 nitrogen and oxygen atoms in total. The van der Waals surface area contributed by atoms with Crippen molar-refractivity contribution >= 4 is 28.9 Å². The standard InChI is InChI=1S/C21H21ClFN5O3/c1-27(13-21(29)24-18-9-6-15(22)11-20(18)28(30)31)10-2-3-17-12-19(26-25-17)14-4-7-16(23)8-5-14/h4-9,11-12H,2-3,10,13H2,1H3,(H,24,29)(H,25,26). The lowest BCUT2D eigenvalue weighted by molar-refractivity contribution is -0.383. The van der Waals surface area contributed by atoms with Crippen LogP contribution in [-0.2, 0) is 11.2 Å². The molecule has 10 heteroatoms. The van der Waals surface area contributed by atoms with Gasteiger partial charge in [0.25, 0.3) is 5.69 Å². The molecule has 0 spiro atoms. The number of nitro benzene ring substituents is 1. The van der Waals surface area contributed by atoms with E-state index in [4.69, 9.17) is 11.6 Å². The van der Waals surface area contributed by atoms with Gasteiger partial charge < -0.3 is 5.32 Å². The Kier molecular flexibility index (Phi) is 7.32. The molecule has 1 heterocycles. The number of halogens is 2. The molecule has 0 atom stereocenters. The van der Waals surface area contributed by atoms with Gasteiger partial charge in [-0.1, -0.05) is 11.6 Å². The molecule has 0 aliphatic carbocycles. The number of nitrogens with one attached hydrogen (secondary N) is 2. The number of rotatable bonds is 9. The Bertz CT molecular complexity index is 1070. The molecule has 0 unspecified atom stereocenters. The Morgan fingerprint density at radius 1 is 1.26 bits per heavy atom. The molecule has 3 rings (SSSR count). The van der Waals surface area contributed by atoms with Gasteiger partial charge in [-0.3, -0.25) is 24.9 Å². The van der Waals surface area contributed by atoms with E-state index in [1.54, 1.807) is 19.2 Å². The highest BCUT2D eigenvalue weighted by Crippen LogP contribution is 2.27. The van der Waals surface area contributed by atoms with Crippen LogP contribution in [-0.4, -0.2) is 46.1 Å². The highest BCUT2D eigenvalue weighted by atomic mass is 35.5. The zero-order valence-electron chi connectivity index (χ0n) is 16.8. The van der Waals surface area contributed by atoms with E-state index in [0.717, 1.165) is 29.8 Å². The highest BCUT2D eigenvalue weighted by molar-refractivity contribution is 6.31. The van der Waals surface area contributed by atoms with E-state index in [2.05, 4.69) is 15.5 Å². The van der Waals surface area contributed by atoms with E-state index in [-0.39, 0.29) is 34.7 Å². The molecule has 0 saturated heterocycles. The van der Waals surface area contributed by atoms with Crippen molar-refractivity contribution in [3.63, 3.8) is 0 Å². The molecule has 0 bridgehead atoms. The van der Waals surface area contributed by atoms with Crippen LogP contribution in [0.3, 0.4) is 0 Å². The second-order valence-corrected chi connectivity index (χ2v) is 7.53. The van der Waals surface area contributed by atoms with Gasteiger partial charge in [-0.2, -0.15) is 5.10 Å². The van der Waals surface area contributed by atoms with Crippen LogP contribution in [0.25, 0.3) is 11.3 Å². The molecule has 0 aliphatic rings. The topological polar surface area (TPSA) is 104 Å². The molecule has 31 heavy (non-hydrogen) atoms. The number of likely N-dealkylation sites (N-methyl/N-ethyl adjacent to an activating group) is 1. The number of nitro groups is 1. The Hall–Kier alpha value is -3.30. The number of H-pyrrole nitrogens is 1. The lowest BCUT2D eigenvalue weighted by Crippen LogP contribution is -2.31. The van der Waals surface area contributed by atoms with Crippen LogP contribution in [0, 0.1) is 15.9 Å². The third kappa shape index (κ3) is 6.34. The van der Waals surface area contributed by atoms with Gasteiger partial charge in [0, 0.05) is 22.3 Å². The zero-order chi connectivity index (χ0) is 22.4. The van der Waals surface area contributed by atoms with E-state index in [1.165, 1.54) is 30.3 Å². The molecular weight excluding hydrogens is 425 g/mol. The molecule has 2 N–H and O–H groups in total. The predicted octanol–water partition coefficient (Wildman–Crippen LogP) is 4.28. The van der Waals surface area contributed by atoms with E-state index >= 15 is 0 Å². The fraction of sp³-hybridized carbons (Fsp3) is 0.238. The predicted molar refractivity (Wildman–Crippen MR) is 117 cm³/mol. The molecule has 0 radical (unpaired) electrons. The van der Waals surface area contributed by atoms with E-state index < -0.39 is 4.92 Å². The molecule has 0 saturated carbocycles. The first-order valence-corrected chi connectivity index (χ1v) is 9.92. The molecule has 1 amide bonds. The summed E-state index contributed by atoms with van der Waals surface area (Å²) in [7, 11) is 1.80. The molecular formula is C21H21ClFN5O3. The Balaban J connectivity index is 1.46. The average molecular weight is 446 g/mol. The average Bonchev–Trinajstić information content (AvgIpc) is 3.18. The minimum Gasteiger partial charge on any atom is -0.319 e. The van der Waals surface area contributed by atoms with Gasteiger partial charge in [-0.15, -0.1) is 0 Å². The number of hydrogen-bond acceptors (Lipinski definition) is 5. The fourth-order valence-electron chi connectivity index (χ4n) is 3.07. The lowest BCUT2D eigenvalue weighted by Gasteiger charge is -2.16. The van der Waals surface area contributed by atoms with Crippen molar-refractivity contribution in [1.29, 1.82) is 0 Å². The summed E-state index contributed by atoms with van der Waals surface area (Å²) in [5, 5.41) is 21.1. The maximum absolute atomic E-state index is 13.0. The molecule has 0 aliphatic heterocycles. The van der Waals surface area contributed by atoms with Gasteiger partial charge in [-0.05, 0) is 68.9 Å². The Morgan fingerprint density at radius 3 is 2.71 bits per heavy atom. The largest absolute Gasteiger partial charge is 0.319 e. The summed E-state index contributed by atoms with van der Waals surface area (Å²) in [6, 6.07) is 12.1. The summed E-state index contributed by atoms with van der Waals surface area (Å²) in [5.41, 5.74) is 2.37. The van der Waals surface area contributed by atoms with Crippen molar-refractivity contribution in [2.75, 3.05) is 25.5 Å². The first-order valence-electron chi connectivity index (χ1n) is 9.54. The van der Waals surface area contributed by atoms with E-state index in [1.807, 2.05) is 11.0 Å². The second kappa shape index (κ2) is 10.1. The van der Waals surface area contributed by atoms with Gasteiger partial charge in [-0.25, -0.2) is 4.39 Å². The SMILES string of the molecule is CN(CCCc1cc(-c2ccc(F)cc2)n[nH]1)CC(=O)Nc1ccc(Cl)cc1[N+](=O)[O-]. The monoisotopic (exact) mass is 445 g/mol. The van der Waals surface area contributed by atoms with Crippen molar-refractivity contribution in [1.82, 2.24) is 15.1 Å². The third-order valence-corrected chi connectivity index (χ3v) is 4.84. The number of aromatic nitrogens is 2. The molecule has 162 valence electrons. The second-order valence-electron chi connectivity index (χ2n) is 7.09. The summed E-state index contributed by atoms with van der Waals surface area (Å²) in [6.45, 7) is 0.727. The number of aromatic amines is 1. The number of nitrogens with zero attached hydrogens (tertiary/aromatic N) is 3. The number of hydrogen-bond donors (Lipinski definition) is 2. The Labute approximate surface area is 183 Å². The van der Waals surface area contributed by atoms with Gasteiger partial charge in [0.1, 0.15) is 11.5 Å². The number of carbonyl (C=O) groups excluding carboxylic acids is 1. The Morgan fingerprint density at radius 2 is 2.00 bits per heavy atom. The summed E-state index contributed by atoms with van der Waals surface area (Å²) in [5.74, 6) is -0.648. The van der Waals surface area contributed by atoms with Crippen LogP contribution >= 0.6 is 11.6 Å². The van der Waals surface area contributed by atoms with Crippen LogP contribution in [0.2, 0.25) is 5.02 Å². The number of carbonyl (C=O) groups is 1. The van der Waals surface area contributed by atoms with Gasteiger partial charge in [0.2, 0.25) is 5.91 Å². The maximum Gasteiger partial charge on any atom is 0.294 e. The van der Waals surface area contributed by atoms with Crippen molar-refractivity contribution in [3.05, 3.63) is 75.2 Å². The highest BCUT2D eigenvalue weighted by Gasteiger charge is 2.17. The minimum atomic E-state index is -0.587. The quantitative estimate of drug-likeness (QED) is 0.378. The summed E-state index contributed by atoms with van der Waals surface area (Å²) >= 11 is 5.78. The van der Waals surface area contributed by atoms with Crippen molar-refractivity contribution in [2.45, 2.75) is 12.8 Å². The van der Waals surface area contributed by atoms with Crippen LogP contribution in [0.5, 0.6) is 0 Å². The van der Waals surface area contributed by atoms with E-state index in [9.17, 15) is 19.3 Å². The number of benzene rings is 2. The number of amides is 1. The van der Waals surface area contributed by atoms with Crippen LogP contribution in [0.1, 0.15) is 12.1 Å². The van der Waals surface area contributed by atoms with Crippen molar-refractivity contribution in [2.24, 2.45) is 0 Å². The van der Waals surface area contributed by atoms with Crippen LogP contribution < -0.4 is 5.32 Å². The first kappa shape index (κ1) is 22.4. The minimum absolute atomic E-state index is 0.0869. The zero-order valence-corrected chi connectivity index (χ0v) is 17.5. The summed E-state index contributed by atoms with van der Waals surface area (Å²) in [6.07, 6.45) is 1.50. The van der Waals surface area contributed by atoms with Crippen molar-refractivity contribution < 1.29 is 14.1 Å². The van der Waals surface area contributed by atoms with E-state index in [0.29, 0.717) is 6.54 Å². The number of aryl methyl sites for hydroxylation is 1. The van der Waals surface area contributed by atoms with Gasteiger partial charge in [0.05, 0.1) is 17.2 Å². The van der Waals surface area contributed by atoms with Crippen molar-refractivity contribution in [3.8, 4) is 11.3 Å². The maximum atomic E-state index is 13.0. The number of anilines is 1.